The Morgan fingerprint density at radius 2 is 2.10 bits per heavy atom. The fourth-order valence-electron chi connectivity index (χ4n) is 2.45. The molecule has 2 fully saturated rings. The van der Waals surface area contributed by atoms with Crippen LogP contribution < -0.4 is 5.32 Å². The summed E-state index contributed by atoms with van der Waals surface area (Å²) in [5, 5.41) is 4.53. The number of thioether (sulfide) groups is 1. The third-order valence-electron chi connectivity index (χ3n) is 4.16. The molecule has 5 nitrogen and oxygen atoms in total. The SMILES string of the molecule is CCC1(CC)CSC(=NCCC(=O)N2CCOCC2)N1. The van der Waals surface area contributed by atoms with Crippen molar-refractivity contribution in [2.75, 3.05) is 38.6 Å². The number of carbonyl (C=O) groups excluding carboxylic acids is 1. The van der Waals surface area contributed by atoms with E-state index in [1.807, 2.05) is 4.90 Å². The van der Waals surface area contributed by atoms with Crippen LogP contribution in [0.25, 0.3) is 0 Å². The molecule has 0 aliphatic carbocycles. The highest BCUT2D eigenvalue weighted by atomic mass is 32.2. The number of hydrogen-bond acceptors (Lipinski definition) is 4. The first-order valence-corrected chi connectivity index (χ1v) is 8.48. The van der Waals surface area contributed by atoms with E-state index < -0.39 is 0 Å². The van der Waals surface area contributed by atoms with E-state index in [0.717, 1.165) is 36.9 Å². The molecular weight excluding hydrogens is 274 g/mol. The zero-order chi connectivity index (χ0) is 14.4. The summed E-state index contributed by atoms with van der Waals surface area (Å²) in [6.07, 6.45) is 2.72. The van der Waals surface area contributed by atoms with Crippen LogP contribution in [0.15, 0.2) is 4.99 Å². The van der Waals surface area contributed by atoms with E-state index in [4.69, 9.17) is 4.74 Å². The number of nitrogens with one attached hydrogen (secondary N) is 1. The van der Waals surface area contributed by atoms with Crippen LogP contribution in [0, 0.1) is 0 Å². The quantitative estimate of drug-likeness (QED) is 0.835. The minimum atomic E-state index is 0.192. The van der Waals surface area contributed by atoms with Crippen molar-refractivity contribution in [2.45, 2.75) is 38.6 Å². The van der Waals surface area contributed by atoms with E-state index in [9.17, 15) is 4.79 Å². The lowest BCUT2D eigenvalue weighted by atomic mass is 9.96. The normalized spacial score (nSPS) is 23.9. The molecule has 114 valence electrons. The van der Waals surface area contributed by atoms with Gasteiger partial charge in [0, 0.05) is 30.8 Å². The Hall–Kier alpha value is -0.750. The summed E-state index contributed by atoms with van der Waals surface area (Å²) in [6.45, 7) is 7.76. The van der Waals surface area contributed by atoms with Gasteiger partial charge in [0.2, 0.25) is 5.91 Å². The van der Waals surface area contributed by atoms with Crippen molar-refractivity contribution in [3.63, 3.8) is 0 Å². The van der Waals surface area contributed by atoms with Crippen LogP contribution >= 0.6 is 11.8 Å². The van der Waals surface area contributed by atoms with E-state index in [1.165, 1.54) is 0 Å². The van der Waals surface area contributed by atoms with Crippen LogP contribution in [0.2, 0.25) is 0 Å². The molecule has 0 bridgehead atoms. The van der Waals surface area contributed by atoms with Gasteiger partial charge in [0.15, 0.2) is 5.17 Å². The fourth-order valence-corrected chi connectivity index (χ4v) is 3.81. The van der Waals surface area contributed by atoms with Crippen LogP contribution in [0.5, 0.6) is 0 Å². The van der Waals surface area contributed by atoms with Crippen LogP contribution in [-0.2, 0) is 9.53 Å². The summed E-state index contributed by atoms with van der Waals surface area (Å²) in [6, 6.07) is 0. The van der Waals surface area contributed by atoms with E-state index in [1.54, 1.807) is 11.8 Å². The Bertz CT molecular complexity index is 363. The average molecular weight is 299 g/mol. The number of hydrogen-bond donors (Lipinski definition) is 1. The van der Waals surface area contributed by atoms with E-state index in [-0.39, 0.29) is 11.4 Å². The minimum Gasteiger partial charge on any atom is -0.378 e. The number of nitrogens with zero attached hydrogens (tertiary/aromatic N) is 2. The summed E-state index contributed by atoms with van der Waals surface area (Å²) in [7, 11) is 0. The Balaban J connectivity index is 1.75. The van der Waals surface area contributed by atoms with Crippen LogP contribution in [0.1, 0.15) is 33.1 Å². The highest BCUT2D eigenvalue weighted by molar-refractivity contribution is 8.14. The van der Waals surface area contributed by atoms with Crippen molar-refractivity contribution in [1.82, 2.24) is 10.2 Å². The molecule has 2 aliphatic rings. The van der Waals surface area contributed by atoms with Crippen LogP contribution in [0.4, 0.5) is 0 Å². The van der Waals surface area contributed by atoms with Gasteiger partial charge < -0.3 is 15.0 Å². The summed E-state index contributed by atoms with van der Waals surface area (Å²) < 4.78 is 5.25. The Morgan fingerprint density at radius 3 is 2.70 bits per heavy atom. The number of morpholine rings is 1. The molecule has 0 atom stereocenters. The van der Waals surface area contributed by atoms with Crippen LogP contribution in [-0.4, -0.2) is 60.1 Å². The highest BCUT2D eigenvalue weighted by Crippen LogP contribution is 2.28. The number of ether oxygens (including phenoxy) is 1. The maximum absolute atomic E-state index is 12.0. The summed E-state index contributed by atoms with van der Waals surface area (Å²) >= 11 is 1.78. The lowest BCUT2D eigenvalue weighted by Crippen LogP contribution is -2.42. The third-order valence-corrected chi connectivity index (χ3v) is 5.36. The first kappa shape index (κ1) is 15.6. The smallest absolute Gasteiger partial charge is 0.224 e. The zero-order valence-corrected chi connectivity index (χ0v) is 13.3. The van der Waals surface area contributed by atoms with Gasteiger partial charge in [0.05, 0.1) is 19.8 Å². The Labute approximate surface area is 125 Å². The average Bonchev–Trinajstić information content (AvgIpc) is 2.92. The van der Waals surface area contributed by atoms with Crippen LogP contribution in [0.3, 0.4) is 0 Å². The molecule has 2 heterocycles. The molecule has 2 saturated heterocycles. The maximum atomic E-state index is 12.0. The molecule has 0 aromatic rings. The summed E-state index contributed by atoms with van der Waals surface area (Å²) in [5.74, 6) is 1.27. The van der Waals surface area contributed by atoms with Crippen molar-refractivity contribution in [3.8, 4) is 0 Å². The van der Waals surface area contributed by atoms with E-state index in [0.29, 0.717) is 26.2 Å². The Kier molecular flexibility index (Phi) is 5.72. The molecule has 0 aromatic carbocycles. The molecular formula is C14H25N3O2S. The number of amides is 1. The molecule has 1 N–H and O–H groups in total. The second-order valence-electron chi connectivity index (χ2n) is 5.33. The van der Waals surface area contributed by atoms with Crippen molar-refractivity contribution in [3.05, 3.63) is 0 Å². The van der Waals surface area contributed by atoms with E-state index >= 15 is 0 Å². The molecule has 0 aromatic heterocycles. The predicted octanol–water partition coefficient (Wildman–Crippen LogP) is 1.49. The number of amidine groups is 1. The molecule has 1 amide bonds. The predicted molar refractivity (Wildman–Crippen MR) is 83.2 cm³/mol. The van der Waals surface area contributed by atoms with Gasteiger partial charge in [0.1, 0.15) is 0 Å². The number of rotatable bonds is 5. The summed E-state index contributed by atoms with van der Waals surface area (Å²) in [4.78, 5) is 18.4. The topological polar surface area (TPSA) is 53.9 Å². The third kappa shape index (κ3) is 3.88. The molecule has 0 saturated carbocycles. The second kappa shape index (κ2) is 7.31. The lowest BCUT2D eigenvalue weighted by molar-refractivity contribution is -0.135. The molecule has 20 heavy (non-hydrogen) atoms. The molecule has 0 spiro atoms. The van der Waals surface area contributed by atoms with Crippen molar-refractivity contribution in [2.24, 2.45) is 4.99 Å². The molecule has 0 unspecified atom stereocenters. The zero-order valence-electron chi connectivity index (χ0n) is 12.5. The largest absolute Gasteiger partial charge is 0.378 e. The van der Waals surface area contributed by atoms with E-state index in [2.05, 4.69) is 24.2 Å². The number of aliphatic imine (C=N–C) groups is 1. The first-order chi connectivity index (χ1) is 9.69. The Morgan fingerprint density at radius 1 is 1.40 bits per heavy atom. The standard InChI is InChI=1S/C14H25N3O2S/c1-3-14(4-2)11-20-13(16-14)15-6-5-12(18)17-7-9-19-10-8-17/h3-11H2,1-2H3,(H,15,16). The molecule has 6 heteroatoms. The van der Waals surface area contributed by atoms with Crippen molar-refractivity contribution < 1.29 is 9.53 Å². The maximum Gasteiger partial charge on any atom is 0.224 e. The van der Waals surface area contributed by atoms with Gasteiger partial charge in [-0.2, -0.15) is 0 Å². The van der Waals surface area contributed by atoms with Gasteiger partial charge in [-0.15, -0.1) is 0 Å². The van der Waals surface area contributed by atoms with Gasteiger partial charge in [-0.3, -0.25) is 9.79 Å². The first-order valence-electron chi connectivity index (χ1n) is 7.50. The lowest BCUT2D eigenvalue weighted by Gasteiger charge is -2.26. The van der Waals surface area contributed by atoms with Gasteiger partial charge >= 0.3 is 0 Å². The van der Waals surface area contributed by atoms with Crippen molar-refractivity contribution >= 4 is 22.8 Å². The highest BCUT2D eigenvalue weighted by Gasteiger charge is 2.33. The minimum absolute atomic E-state index is 0.192. The van der Waals surface area contributed by atoms with Gasteiger partial charge in [-0.05, 0) is 12.8 Å². The van der Waals surface area contributed by atoms with Crippen molar-refractivity contribution in [1.29, 1.82) is 0 Å². The van der Waals surface area contributed by atoms with Gasteiger partial charge in [-0.25, -0.2) is 0 Å². The number of carbonyl (C=O) groups is 1. The molecule has 0 radical (unpaired) electrons. The molecule has 2 rings (SSSR count). The van der Waals surface area contributed by atoms with Gasteiger partial charge in [-0.1, -0.05) is 25.6 Å². The van der Waals surface area contributed by atoms with Gasteiger partial charge in [0.25, 0.3) is 0 Å². The summed E-state index contributed by atoms with van der Waals surface area (Å²) in [5.41, 5.74) is 0.206. The molecule has 2 aliphatic heterocycles. The second-order valence-corrected chi connectivity index (χ2v) is 6.30. The fraction of sp³-hybridized carbons (Fsp3) is 0.857. The monoisotopic (exact) mass is 299 g/mol.